The zero-order valence-corrected chi connectivity index (χ0v) is 14.0. The maximum Gasteiger partial charge on any atom is 0.155 e. The van der Waals surface area contributed by atoms with Crippen LogP contribution in [0.25, 0.3) is 0 Å². The van der Waals surface area contributed by atoms with Gasteiger partial charge in [0.05, 0.1) is 49.9 Å². The van der Waals surface area contributed by atoms with Gasteiger partial charge in [0.15, 0.2) is 5.78 Å². The number of carbonyl (C=O) groups excluding carboxylic acids is 1. The second-order valence-electron chi connectivity index (χ2n) is 4.04. The molecule has 22 heavy (non-hydrogen) atoms. The second-order valence-corrected chi connectivity index (χ2v) is 4.04. The minimum Gasteiger partial charge on any atom is -0.502 e. The number of nitriles is 2. The number of ether oxygens (including phenoxy) is 2. The maximum atomic E-state index is 10.2. The van der Waals surface area contributed by atoms with Crippen molar-refractivity contribution in [2.45, 2.75) is 46.6 Å². The molecule has 6 heteroatoms. The van der Waals surface area contributed by atoms with Gasteiger partial charge in [0.1, 0.15) is 0 Å². The van der Waals surface area contributed by atoms with E-state index in [1.165, 1.54) is 38.5 Å². The van der Waals surface area contributed by atoms with Crippen LogP contribution in [0.4, 0.5) is 0 Å². The zero-order chi connectivity index (χ0) is 17.9. The average Bonchev–Trinajstić information content (AvgIpc) is 2.40. The van der Waals surface area contributed by atoms with Gasteiger partial charge < -0.3 is 14.6 Å². The summed E-state index contributed by atoms with van der Waals surface area (Å²) in [6.45, 7) is 9.37. The third kappa shape index (κ3) is 30.6. The predicted octanol–water partition coefficient (Wildman–Crippen LogP) is 2.86. The first kappa shape index (κ1) is 24.7. The van der Waals surface area contributed by atoms with Crippen LogP contribution in [0.1, 0.15) is 41.0 Å². The highest BCUT2D eigenvalue weighted by Crippen LogP contribution is 2.09. The molecule has 0 aromatic heterocycles. The molecule has 0 aliphatic carbocycles. The fourth-order valence-corrected chi connectivity index (χ4v) is 0.750. The summed E-state index contributed by atoms with van der Waals surface area (Å²) in [5.74, 6) is 0.0125. The first-order chi connectivity index (χ1) is 10.3. The lowest BCUT2D eigenvalue weighted by Gasteiger charge is -2.13. The smallest absolute Gasteiger partial charge is 0.155 e. The van der Waals surface area contributed by atoms with Crippen LogP contribution in [-0.2, 0) is 14.3 Å². The van der Waals surface area contributed by atoms with Crippen LogP contribution in [0.5, 0.6) is 0 Å². The third-order valence-electron chi connectivity index (χ3n) is 1.69. The van der Waals surface area contributed by atoms with Crippen LogP contribution in [0, 0.1) is 22.7 Å². The molecule has 0 saturated carbocycles. The van der Waals surface area contributed by atoms with Gasteiger partial charge in [-0.3, -0.25) is 4.79 Å². The highest BCUT2D eigenvalue weighted by molar-refractivity contribution is 5.86. The molecule has 0 spiro atoms. The molecule has 1 atom stereocenters. The number of carbonyl (C=O) groups is 1. The molecule has 1 unspecified atom stereocenters. The summed E-state index contributed by atoms with van der Waals surface area (Å²) in [5, 5.41) is 24.9. The number of allylic oxidation sites excluding steroid dienone is 1. The van der Waals surface area contributed by atoms with E-state index in [0.29, 0.717) is 13.2 Å². The van der Waals surface area contributed by atoms with Gasteiger partial charge >= 0.3 is 0 Å². The molecule has 0 fully saturated rings. The van der Waals surface area contributed by atoms with Crippen LogP contribution >= 0.6 is 0 Å². The lowest BCUT2D eigenvalue weighted by Crippen LogP contribution is -2.19. The van der Waals surface area contributed by atoms with Gasteiger partial charge in [0.25, 0.3) is 0 Å². The summed E-state index contributed by atoms with van der Waals surface area (Å²) in [5.41, 5.74) is -1.07. The van der Waals surface area contributed by atoms with Gasteiger partial charge in [-0.15, -0.1) is 0 Å². The quantitative estimate of drug-likeness (QED) is 0.573. The molecule has 0 radical (unpaired) electrons. The van der Waals surface area contributed by atoms with E-state index in [1.807, 2.05) is 19.9 Å². The number of aliphatic hydroxyl groups is 1. The highest BCUT2D eigenvalue weighted by Gasteiger charge is 2.14. The molecular weight excluding hydrogens is 284 g/mol. The summed E-state index contributed by atoms with van der Waals surface area (Å²) in [6.07, 6.45) is 5.76. The van der Waals surface area contributed by atoms with Crippen LogP contribution in [0.3, 0.4) is 0 Å². The average molecular weight is 310 g/mol. The molecule has 0 aliphatic heterocycles. The Bertz CT molecular complexity index is 401. The van der Waals surface area contributed by atoms with Crippen molar-refractivity contribution in [3.05, 3.63) is 24.7 Å². The minimum atomic E-state index is -1.07. The Morgan fingerprint density at radius 3 is 2.05 bits per heavy atom. The number of rotatable bonds is 7. The van der Waals surface area contributed by atoms with Crippen molar-refractivity contribution >= 4 is 5.78 Å². The van der Waals surface area contributed by atoms with Gasteiger partial charge in [0, 0.05) is 13.0 Å². The molecule has 0 rings (SSSR count). The summed E-state index contributed by atoms with van der Waals surface area (Å²) in [7, 11) is 0. The van der Waals surface area contributed by atoms with Crippen LogP contribution in [0.2, 0.25) is 0 Å². The first-order valence-corrected chi connectivity index (χ1v) is 6.79. The largest absolute Gasteiger partial charge is 0.502 e. The van der Waals surface area contributed by atoms with E-state index in [4.69, 9.17) is 20.0 Å². The van der Waals surface area contributed by atoms with Gasteiger partial charge in [-0.05, 0) is 33.8 Å². The topological polar surface area (TPSA) is 103 Å². The minimum absolute atomic E-state index is 0.0125. The standard InChI is InChI=1S/C8H13NO2.C6H10O2.C2H3N/c1-3-11-7-5-8(2,10)4-6-9;1-3-8-5-4-6(2)7;1-2-3/h5,7,10H,3-4H2,1-2H3;4-5H,3H2,1-2H3;1H3/b7-5+;5-4+;. The zero-order valence-electron chi connectivity index (χ0n) is 14.0. The molecule has 0 aliphatic rings. The molecule has 0 amide bonds. The fourth-order valence-electron chi connectivity index (χ4n) is 0.750. The highest BCUT2D eigenvalue weighted by atomic mass is 16.5. The van der Waals surface area contributed by atoms with Crippen LogP contribution < -0.4 is 0 Å². The monoisotopic (exact) mass is 310 g/mol. The van der Waals surface area contributed by atoms with Crippen LogP contribution in [-0.4, -0.2) is 29.7 Å². The molecule has 0 saturated heterocycles. The third-order valence-corrected chi connectivity index (χ3v) is 1.69. The Morgan fingerprint density at radius 2 is 1.68 bits per heavy atom. The van der Waals surface area contributed by atoms with Gasteiger partial charge in [0.2, 0.25) is 0 Å². The van der Waals surface area contributed by atoms with Crippen molar-refractivity contribution in [1.29, 1.82) is 10.5 Å². The first-order valence-electron chi connectivity index (χ1n) is 6.79. The van der Waals surface area contributed by atoms with E-state index in [1.54, 1.807) is 13.0 Å². The Hall–Kier alpha value is -2.31. The van der Waals surface area contributed by atoms with E-state index >= 15 is 0 Å². The maximum absolute atomic E-state index is 10.2. The Morgan fingerprint density at radius 1 is 1.23 bits per heavy atom. The SMILES string of the molecule is CC#N.CCO/C=C/C(C)(O)CC#N.CCO/C=C/C(C)=O. The van der Waals surface area contributed by atoms with Crippen molar-refractivity contribution in [3.8, 4) is 12.1 Å². The van der Waals surface area contributed by atoms with Gasteiger partial charge in [-0.2, -0.15) is 10.5 Å². The Balaban J connectivity index is -0.000000288. The van der Waals surface area contributed by atoms with Crippen molar-refractivity contribution in [3.63, 3.8) is 0 Å². The Kier molecular flexibility index (Phi) is 21.0. The summed E-state index contributed by atoms with van der Waals surface area (Å²) in [4.78, 5) is 10.2. The number of nitrogens with zero attached hydrogens (tertiary/aromatic N) is 2. The van der Waals surface area contributed by atoms with E-state index < -0.39 is 5.60 Å². The van der Waals surface area contributed by atoms with E-state index in [2.05, 4.69) is 0 Å². The molecule has 1 N–H and O–H groups in total. The van der Waals surface area contributed by atoms with Gasteiger partial charge in [-0.25, -0.2) is 0 Å². The van der Waals surface area contributed by atoms with Crippen molar-refractivity contribution in [1.82, 2.24) is 0 Å². The summed E-state index contributed by atoms with van der Waals surface area (Å²) < 4.78 is 9.61. The van der Waals surface area contributed by atoms with E-state index in [9.17, 15) is 9.90 Å². The molecular formula is C16H26N2O4. The number of hydrogen-bond donors (Lipinski definition) is 1. The molecule has 124 valence electrons. The van der Waals surface area contributed by atoms with E-state index in [-0.39, 0.29) is 12.2 Å². The molecule has 0 aromatic rings. The fraction of sp³-hybridized carbons (Fsp3) is 0.562. The van der Waals surface area contributed by atoms with Crippen molar-refractivity contribution in [2.24, 2.45) is 0 Å². The van der Waals surface area contributed by atoms with Crippen LogP contribution in [0.15, 0.2) is 24.7 Å². The predicted molar refractivity (Wildman–Crippen MR) is 84.4 cm³/mol. The van der Waals surface area contributed by atoms with Crippen molar-refractivity contribution < 1.29 is 19.4 Å². The van der Waals surface area contributed by atoms with E-state index in [0.717, 1.165) is 0 Å². The molecule has 0 heterocycles. The molecule has 6 nitrogen and oxygen atoms in total. The normalized spacial score (nSPS) is 11.8. The number of hydrogen-bond acceptors (Lipinski definition) is 6. The number of ketones is 1. The van der Waals surface area contributed by atoms with Crippen molar-refractivity contribution in [2.75, 3.05) is 13.2 Å². The van der Waals surface area contributed by atoms with Gasteiger partial charge in [-0.1, -0.05) is 0 Å². The Labute approximate surface area is 133 Å². The summed E-state index contributed by atoms with van der Waals surface area (Å²) in [6, 6.07) is 3.63. The lowest BCUT2D eigenvalue weighted by atomic mass is 10.0. The lowest BCUT2D eigenvalue weighted by molar-refractivity contribution is -0.112. The second kappa shape index (κ2) is 18.7. The summed E-state index contributed by atoms with van der Waals surface area (Å²) >= 11 is 0. The molecule has 0 aromatic carbocycles. The molecule has 0 bridgehead atoms.